The minimum absolute atomic E-state index is 0.405. The zero-order valence-electron chi connectivity index (χ0n) is 9.61. The number of nitrogens with zero attached hydrogens (tertiary/aromatic N) is 1. The van der Waals surface area contributed by atoms with Crippen LogP contribution in [0.15, 0.2) is 47.1 Å². The summed E-state index contributed by atoms with van der Waals surface area (Å²) in [5, 5.41) is 11.8. The van der Waals surface area contributed by atoms with Crippen LogP contribution >= 0.6 is 0 Å². The first-order valence-corrected chi connectivity index (χ1v) is 5.37. The van der Waals surface area contributed by atoms with E-state index in [2.05, 4.69) is 5.32 Å². The van der Waals surface area contributed by atoms with Gasteiger partial charge in [-0.15, -0.1) is 0 Å². The van der Waals surface area contributed by atoms with Crippen LogP contribution < -0.4 is 5.32 Å². The van der Waals surface area contributed by atoms with Crippen molar-refractivity contribution in [1.29, 1.82) is 5.26 Å². The third-order valence-electron chi connectivity index (χ3n) is 2.48. The highest BCUT2D eigenvalue weighted by molar-refractivity contribution is 5.48. The van der Waals surface area contributed by atoms with Crippen molar-refractivity contribution >= 4 is 5.69 Å². The SMILES string of the molecule is N#C[C@@H](Nc1ccc(C(F)(F)F)cc1)c1ccco1. The van der Waals surface area contributed by atoms with Crippen LogP contribution in [-0.4, -0.2) is 0 Å². The molecule has 1 aromatic heterocycles. The molecule has 1 heterocycles. The summed E-state index contributed by atoms with van der Waals surface area (Å²) in [6, 6.07) is 8.94. The first-order valence-electron chi connectivity index (χ1n) is 5.37. The van der Waals surface area contributed by atoms with E-state index in [0.29, 0.717) is 11.4 Å². The maximum atomic E-state index is 12.4. The molecule has 0 radical (unpaired) electrons. The van der Waals surface area contributed by atoms with Crippen LogP contribution in [0.1, 0.15) is 17.4 Å². The Kier molecular flexibility index (Phi) is 3.47. The van der Waals surface area contributed by atoms with Crippen LogP contribution in [0.3, 0.4) is 0 Å². The van der Waals surface area contributed by atoms with Crippen molar-refractivity contribution in [2.24, 2.45) is 0 Å². The normalized spacial score (nSPS) is 12.7. The third kappa shape index (κ3) is 3.07. The maximum Gasteiger partial charge on any atom is 0.416 e. The molecule has 98 valence electrons. The molecular formula is C13H9F3N2O. The summed E-state index contributed by atoms with van der Waals surface area (Å²) in [5.41, 5.74) is -0.319. The van der Waals surface area contributed by atoms with Gasteiger partial charge in [-0.2, -0.15) is 18.4 Å². The molecule has 0 aliphatic heterocycles. The highest BCUT2D eigenvalue weighted by Crippen LogP contribution is 2.30. The summed E-state index contributed by atoms with van der Waals surface area (Å²) >= 11 is 0. The second-order valence-corrected chi connectivity index (χ2v) is 3.80. The smallest absolute Gasteiger partial charge is 0.416 e. The second-order valence-electron chi connectivity index (χ2n) is 3.80. The van der Waals surface area contributed by atoms with E-state index >= 15 is 0 Å². The zero-order chi connectivity index (χ0) is 13.9. The lowest BCUT2D eigenvalue weighted by Gasteiger charge is -2.12. The van der Waals surface area contributed by atoms with E-state index in [0.717, 1.165) is 12.1 Å². The molecule has 0 saturated heterocycles. The molecule has 0 fully saturated rings. The van der Waals surface area contributed by atoms with Crippen molar-refractivity contribution in [1.82, 2.24) is 0 Å². The molecule has 0 aliphatic carbocycles. The number of anilines is 1. The Morgan fingerprint density at radius 2 is 1.84 bits per heavy atom. The lowest BCUT2D eigenvalue weighted by Crippen LogP contribution is -2.08. The number of furan rings is 1. The van der Waals surface area contributed by atoms with Gasteiger partial charge in [0.15, 0.2) is 6.04 Å². The van der Waals surface area contributed by atoms with E-state index in [1.54, 1.807) is 12.1 Å². The number of hydrogen-bond donors (Lipinski definition) is 1. The molecule has 0 spiro atoms. The lowest BCUT2D eigenvalue weighted by molar-refractivity contribution is -0.137. The number of benzene rings is 1. The molecule has 0 aliphatic rings. The molecule has 1 N–H and O–H groups in total. The number of hydrogen-bond acceptors (Lipinski definition) is 3. The van der Waals surface area contributed by atoms with Crippen molar-refractivity contribution in [3.05, 3.63) is 54.0 Å². The molecular weight excluding hydrogens is 257 g/mol. The van der Waals surface area contributed by atoms with Gasteiger partial charge in [0.25, 0.3) is 0 Å². The molecule has 0 bridgehead atoms. The van der Waals surface area contributed by atoms with Crippen LogP contribution in [-0.2, 0) is 6.18 Å². The first-order chi connectivity index (χ1) is 9.00. The molecule has 3 nitrogen and oxygen atoms in total. The fraction of sp³-hybridized carbons (Fsp3) is 0.154. The average molecular weight is 266 g/mol. The zero-order valence-corrected chi connectivity index (χ0v) is 9.61. The molecule has 0 saturated carbocycles. The van der Waals surface area contributed by atoms with E-state index in [9.17, 15) is 13.2 Å². The number of nitrogens with one attached hydrogen (secondary N) is 1. The van der Waals surface area contributed by atoms with Crippen molar-refractivity contribution in [2.45, 2.75) is 12.2 Å². The standard InChI is InChI=1S/C13H9F3N2O/c14-13(15,16)9-3-5-10(6-4-9)18-11(8-17)12-2-1-7-19-12/h1-7,11,18H/t11-/m1/s1. The number of halogens is 3. The van der Waals surface area contributed by atoms with Crippen molar-refractivity contribution in [3.8, 4) is 6.07 Å². The van der Waals surface area contributed by atoms with Gasteiger partial charge in [0.05, 0.1) is 17.9 Å². The molecule has 1 atom stereocenters. The predicted molar refractivity (Wildman–Crippen MR) is 62.1 cm³/mol. The Bertz CT molecular complexity index is 567. The van der Waals surface area contributed by atoms with E-state index in [4.69, 9.17) is 9.68 Å². The number of nitriles is 1. The minimum atomic E-state index is -4.37. The Morgan fingerprint density at radius 1 is 1.16 bits per heavy atom. The summed E-state index contributed by atoms with van der Waals surface area (Å²) in [6.07, 6.45) is -2.94. The van der Waals surface area contributed by atoms with Crippen molar-refractivity contribution in [3.63, 3.8) is 0 Å². The van der Waals surface area contributed by atoms with Crippen LogP contribution in [0.4, 0.5) is 18.9 Å². The van der Waals surface area contributed by atoms with Gasteiger partial charge in [-0.3, -0.25) is 0 Å². The summed E-state index contributed by atoms with van der Waals surface area (Å²) in [7, 11) is 0. The summed E-state index contributed by atoms with van der Waals surface area (Å²) in [5.74, 6) is 0.405. The minimum Gasteiger partial charge on any atom is -0.466 e. The monoisotopic (exact) mass is 266 g/mol. The number of alkyl halides is 3. The van der Waals surface area contributed by atoms with Crippen LogP contribution in [0.25, 0.3) is 0 Å². The maximum absolute atomic E-state index is 12.4. The predicted octanol–water partition coefficient (Wildman–Crippen LogP) is 3.98. The Hall–Kier alpha value is -2.42. The fourth-order valence-electron chi connectivity index (χ4n) is 1.54. The highest BCUT2D eigenvalue weighted by Gasteiger charge is 2.30. The second kappa shape index (κ2) is 5.06. The Balaban J connectivity index is 2.14. The van der Waals surface area contributed by atoms with Crippen LogP contribution in [0.5, 0.6) is 0 Å². The van der Waals surface area contributed by atoms with Crippen LogP contribution in [0, 0.1) is 11.3 Å². The molecule has 19 heavy (non-hydrogen) atoms. The molecule has 0 unspecified atom stereocenters. The summed E-state index contributed by atoms with van der Waals surface area (Å²) < 4.78 is 42.2. The molecule has 1 aromatic carbocycles. The fourth-order valence-corrected chi connectivity index (χ4v) is 1.54. The van der Waals surface area contributed by atoms with Gasteiger partial charge in [0.2, 0.25) is 0 Å². The van der Waals surface area contributed by atoms with Crippen molar-refractivity contribution < 1.29 is 17.6 Å². The molecule has 2 aromatic rings. The molecule has 0 amide bonds. The first kappa shape index (κ1) is 13.0. The molecule has 2 rings (SSSR count). The van der Waals surface area contributed by atoms with Gasteiger partial charge in [-0.1, -0.05) is 0 Å². The third-order valence-corrected chi connectivity index (χ3v) is 2.48. The van der Waals surface area contributed by atoms with Gasteiger partial charge in [-0.25, -0.2) is 0 Å². The lowest BCUT2D eigenvalue weighted by atomic mass is 10.1. The van der Waals surface area contributed by atoms with E-state index in [-0.39, 0.29) is 0 Å². The summed E-state index contributed by atoms with van der Waals surface area (Å²) in [6.45, 7) is 0. The highest BCUT2D eigenvalue weighted by atomic mass is 19.4. The van der Waals surface area contributed by atoms with E-state index in [1.165, 1.54) is 18.4 Å². The van der Waals surface area contributed by atoms with E-state index < -0.39 is 17.8 Å². The quantitative estimate of drug-likeness (QED) is 0.914. The van der Waals surface area contributed by atoms with Gasteiger partial charge in [0, 0.05) is 5.69 Å². The number of rotatable bonds is 3. The van der Waals surface area contributed by atoms with E-state index in [1.807, 2.05) is 6.07 Å². The topological polar surface area (TPSA) is 49.0 Å². The Labute approximate surface area is 107 Å². The Morgan fingerprint density at radius 3 is 2.32 bits per heavy atom. The van der Waals surface area contributed by atoms with Gasteiger partial charge >= 0.3 is 6.18 Å². The molecule has 6 heteroatoms. The van der Waals surface area contributed by atoms with Crippen molar-refractivity contribution in [2.75, 3.05) is 5.32 Å². The largest absolute Gasteiger partial charge is 0.466 e. The van der Waals surface area contributed by atoms with Gasteiger partial charge < -0.3 is 9.73 Å². The van der Waals surface area contributed by atoms with Gasteiger partial charge in [-0.05, 0) is 36.4 Å². The van der Waals surface area contributed by atoms with Crippen LogP contribution in [0.2, 0.25) is 0 Å². The van der Waals surface area contributed by atoms with Gasteiger partial charge in [0.1, 0.15) is 5.76 Å². The summed E-state index contributed by atoms with van der Waals surface area (Å²) in [4.78, 5) is 0. The average Bonchev–Trinajstić information content (AvgIpc) is 2.89.